The Morgan fingerprint density at radius 3 is 2.72 bits per heavy atom. The van der Waals surface area contributed by atoms with Crippen molar-refractivity contribution in [2.24, 2.45) is 0 Å². The summed E-state index contributed by atoms with van der Waals surface area (Å²) in [5, 5.41) is 6.52. The van der Waals surface area contributed by atoms with Crippen molar-refractivity contribution in [1.29, 1.82) is 0 Å². The molecule has 0 spiro atoms. The van der Waals surface area contributed by atoms with Gasteiger partial charge in [-0.25, -0.2) is 4.68 Å². The second kappa shape index (κ2) is 4.11. The zero-order valence-electron chi connectivity index (χ0n) is 10.00. The fraction of sp³-hybridized carbons (Fsp3) is 0.0667. The van der Waals surface area contributed by atoms with Gasteiger partial charge in [-0.05, 0) is 23.9 Å². The van der Waals surface area contributed by atoms with E-state index in [0.29, 0.717) is 5.69 Å². The Morgan fingerprint density at radius 1 is 1.11 bits per heavy atom. The molecule has 2 aromatic carbocycles. The van der Waals surface area contributed by atoms with E-state index < -0.39 is 0 Å². The lowest BCUT2D eigenvalue weighted by molar-refractivity contribution is 0.111. The molecule has 0 aliphatic rings. The third kappa shape index (κ3) is 1.52. The Morgan fingerprint density at radius 2 is 1.89 bits per heavy atom. The molecule has 1 heterocycles. The number of rotatable bonds is 2. The van der Waals surface area contributed by atoms with Crippen molar-refractivity contribution in [1.82, 2.24) is 9.78 Å². The van der Waals surface area contributed by atoms with Crippen LogP contribution in [-0.4, -0.2) is 16.1 Å². The molecule has 88 valence electrons. The van der Waals surface area contributed by atoms with Gasteiger partial charge in [0.1, 0.15) is 5.69 Å². The van der Waals surface area contributed by atoms with Crippen molar-refractivity contribution in [3.8, 4) is 5.69 Å². The summed E-state index contributed by atoms with van der Waals surface area (Å²) in [7, 11) is 0. The SMILES string of the molecule is Cc1cnn(-c2cccc3ccccc23)c1C=O. The monoisotopic (exact) mass is 236 g/mol. The van der Waals surface area contributed by atoms with Crippen LogP contribution in [0, 0.1) is 6.92 Å². The molecule has 0 N–H and O–H groups in total. The summed E-state index contributed by atoms with van der Waals surface area (Å²) >= 11 is 0. The number of aryl methyl sites for hydroxylation is 1. The number of fused-ring (bicyclic) bond motifs is 1. The summed E-state index contributed by atoms with van der Waals surface area (Å²) in [6.07, 6.45) is 2.57. The minimum atomic E-state index is 0.603. The highest BCUT2D eigenvalue weighted by Gasteiger charge is 2.10. The first kappa shape index (κ1) is 10.7. The topological polar surface area (TPSA) is 34.9 Å². The number of benzene rings is 2. The summed E-state index contributed by atoms with van der Waals surface area (Å²) in [6.45, 7) is 1.89. The Hall–Kier alpha value is -2.42. The van der Waals surface area contributed by atoms with Crippen LogP contribution in [0.25, 0.3) is 16.5 Å². The van der Waals surface area contributed by atoms with Gasteiger partial charge in [-0.1, -0.05) is 36.4 Å². The zero-order chi connectivity index (χ0) is 12.5. The number of aromatic nitrogens is 2. The van der Waals surface area contributed by atoms with Crippen molar-refractivity contribution < 1.29 is 4.79 Å². The predicted octanol–water partition coefficient (Wildman–Crippen LogP) is 3.15. The van der Waals surface area contributed by atoms with Crippen molar-refractivity contribution in [2.45, 2.75) is 6.92 Å². The van der Waals surface area contributed by atoms with Gasteiger partial charge in [-0.2, -0.15) is 5.10 Å². The number of hydrogen-bond acceptors (Lipinski definition) is 2. The highest BCUT2D eigenvalue weighted by molar-refractivity contribution is 5.91. The molecule has 0 bridgehead atoms. The summed E-state index contributed by atoms with van der Waals surface area (Å²) in [6, 6.07) is 14.1. The smallest absolute Gasteiger partial charge is 0.168 e. The molecule has 0 amide bonds. The first-order valence-corrected chi connectivity index (χ1v) is 5.79. The molecule has 1 aromatic heterocycles. The second-order valence-corrected chi connectivity index (χ2v) is 4.24. The Kier molecular flexibility index (Phi) is 2.45. The molecular formula is C15H12N2O. The van der Waals surface area contributed by atoms with E-state index in [4.69, 9.17) is 0 Å². The van der Waals surface area contributed by atoms with E-state index in [-0.39, 0.29) is 0 Å². The van der Waals surface area contributed by atoms with Gasteiger partial charge in [-0.3, -0.25) is 4.79 Å². The Labute approximate surface area is 105 Å². The molecule has 3 rings (SSSR count). The molecule has 0 fully saturated rings. The number of carbonyl (C=O) groups excluding carboxylic acids is 1. The van der Waals surface area contributed by atoms with Crippen LogP contribution >= 0.6 is 0 Å². The van der Waals surface area contributed by atoms with Crippen LogP contribution in [0.15, 0.2) is 48.7 Å². The van der Waals surface area contributed by atoms with Crippen molar-refractivity contribution in [3.63, 3.8) is 0 Å². The Balaban J connectivity index is 2.35. The van der Waals surface area contributed by atoms with Crippen molar-refractivity contribution >= 4 is 17.1 Å². The maximum atomic E-state index is 11.2. The minimum absolute atomic E-state index is 0.603. The van der Waals surface area contributed by atoms with E-state index in [9.17, 15) is 4.79 Å². The zero-order valence-corrected chi connectivity index (χ0v) is 10.00. The molecule has 3 aromatic rings. The molecule has 18 heavy (non-hydrogen) atoms. The normalized spacial score (nSPS) is 10.7. The van der Waals surface area contributed by atoms with Crippen LogP contribution < -0.4 is 0 Å². The van der Waals surface area contributed by atoms with Gasteiger partial charge in [0.2, 0.25) is 0 Å². The summed E-state index contributed by atoms with van der Waals surface area (Å²) in [5.41, 5.74) is 2.42. The lowest BCUT2D eigenvalue weighted by Crippen LogP contribution is -2.02. The molecule has 0 aliphatic carbocycles. The molecule has 0 aliphatic heterocycles. The fourth-order valence-electron chi connectivity index (χ4n) is 2.17. The molecule has 0 saturated carbocycles. The summed E-state index contributed by atoms with van der Waals surface area (Å²) < 4.78 is 1.70. The van der Waals surface area contributed by atoms with Gasteiger partial charge in [-0.15, -0.1) is 0 Å². The number of aldehydes is 1. The fourth-order valence-corrected chi connectivity index (χ4v) is 2.17. The molecule has 0 atom stereocenters. The molecule has 0 saturated heterocycles. The standard InChI is InChI=1S/C15H12N2O/c1-11-9-16-17(15(11)10-18)14-8-4-6-12-5-2-3-7-13(12)14/h2-10H,1H3. The second-order valence-electron chi connectivity index (χ2n) is 4.24. The van der Waals surface area contributed by atoms with Crippen molar-refractivity contribution in [2.75, 3.05) is 0 Å². The summed E-state index contributed by atoms with van der Waals surface area (Å²) in [5.74, 6) is 0. The summed E-state index contributed by atoms with van der Waals surface area (Å²) in [4.78, 5) is 11.2. The van der Waals surface area contributed by atoms with Crippen LogP contribution in [0.1, 0.15) is 16.1 Å². The third-order valence-corrected chi connectivity index (χ3v) is 3.11. The highest BCUT2D eigenvalue weighted by atomic mass is 16.1. The Bertz CT molecular complexity index is 723. The predicted molar refractivity (Wildman–Crippen MR) is 71.2 cm³/mol. The molecule has 3 heteroatoms. The first-order valence-electron chi connectivity index (χ1n) is 5.79. The van der Waals surface area contributed by atoms with Crippen LogP contribution in [0.4, 0.5) is 0 Å². The molecule has 3 nitrogen and oxygen atoms in total. The van der Waals surface area contributed by atoms with Crippen LogP contribution in [0.2, 0.25) is 0 Å². The van der Waals surface area contributed by atoms with Gasteiger partial charge in [0, 0.05) is 5.39 Å². The number of carbonyl (C=O) groups is 1. The molecule has 0 radical (unpaired) electrons. The lowest BCUT2D eigenvalue weighted by atomic mass is 10.1. The van der Waals surface area contributed by atoms with E-state index in [2.05, 4.69) is 17.2 Å². The van der Waals surface area contributed by atoms with Gasteiger partial charge in [0.25, 0.3) is 0 Å². The number of hydrogen-bond donors (Lipinski definition) is 0. The van der Waals surface area contributed by atoms with E-state index in [1.807, 2.05) is 37.3 Å². The van der Waals surface area contributed by atoms with E-state index >= 15 is 0 Å². The van der Waals surface area contributed by atoms with Crippen molar-refractivity contribution in [3.05, 3.63) is 59.9 Å². The van der Waals surface area contributed by atoms with Gasteiger partial charge < -0.3 is 0 Å². The highest BCUT2D eigenvalue weighted by Crippen LogP contribution is 2.23. The van der Waals surface area contributed by atoms with Crippen LogP contribution in [0.5, 0.6) is 0 Å². The average Bonchev–Trinajstić information content (AvgIpc) is 2.79. The van der Waals surface area contributed by atoms with E-state index in [1.165, 1.54) is 0 Å². The lowest BCUT2D eigenvalue weighted by Gasteiger charge is -2.08. The largest absolute Gasteiger partial charge is 0.296 e. The third-order valence-electron chi connectivity index (χ3n) is 3.11. The first-order chi connectivity index (χ1) is 8.81. The van der Waals surface area contributed by atoms with Crippen LogP contribution in [0.3, 0.4) is 0 Å². The van der Waals surface area contributed by atoms with Gasteiger partial charge in [0.15, 0.2) is 6.29 Å². The van der Waals surface area contributed by atoms with E-state index in [0.717, 1.165) is 28.3 Å². The van der Waals surface area contributed by atoms with E-state index in [1.54, 1.807) is 10.9 Å². The molecular weight excluding hydrogens is 224 g/mol. The molecule has 0 unspecified atom stereocenters. The van der Waals surface area contributed by atoms with Gasteiger partial charge in [0.05, 0.1) is 11.9 Å². The quantitative estimate of drug-likeness (QED) is 0.641. The average molecular weight is 236 g/mol. The van der Waals surface area contributed by atoms with Gasteiger partial charge >= 0.3 is 0 Å². The minimum Gasteiger partial charge on any atom is -0.296 e. The maximum absolute atomic E-state index is 11.2. The number of nitrogens with zero attached hydrogens (tertiary/aromatic N) is 2. The van der Waals surface area contributed by atoms with Crippen LogP contribution in [-0.2, 0) is 0 Å². The maximum Gasteiger partial charge on any atom is 0.168 e.